The van der Waals surface area contributed by atoms with Gasteiger partial charge >= 0.3 is 0 Å². The summed E-state index contributed by atoms with van der Waals surface area (Å²) in [4.78, 5) is 15.1. The third-order valence-electron chi connectivity index (χ3n) is 6.21. The number of carbonyl (C=O) groups excluding carboxylic acids is 1. The number of amides is 1. The lowest BCUT2D eigenvalue weighted by atomic mass is 10.0. The number of rotatable bonds is 6. The zero-order valence-electron chi connectivity index (χ0n) is 18.9. The van der Waals surface area contributed by atoms with Crippen molar-refractivity contribution in [3.05, 3.63) is 77.4 Å². The molecule has 0 spiro atoms. The smallest absolute Gasteiger partial charge is 0.251 e. The first-order chi connectivity index (χ1) is 16.1. The van der Waals surface area contributed by atoms with Gasteiger partial charge in [-0.25, -0.2) is 0 Å². The van der Waals surface area contributed by atoms with E-state index in [2.05, 4.69) is 71.1 Å². The van der Waals surface area contributed by atoms with Crippen molar-refractivity contribution in [3.8, 4) is 5.75 Å². The number of hydrogen-bond acceptors (Lipinski definition) is 6. The molecule has 7 heteroatoms. The van der Waals surface area contributed by atoms with Gasteiger partial charge in [0.1, 0.15) is 17.4 Å². The SMILES string of the molecule is Cc1cc(COc2ccc(C(=O)N[C@@H]3CN(C)C[C@@H]3C3=NNCS3)cc2)c2ccccc2c1. The molecule has 1 amide bonds. The fraction of sp³-hybridized carbons (Fsp3) is 0.308. The molecule has 2 atom stereocenters. The zero-order valence-corrected chi connectivity index (χ0v) is 19.7. The van der Waals surface area contributed by atoms with Crippen LogP contribution in [0.2, 0.25) is 0 Å². The van der Waals surface area contributed by atoms with Crippen LogP contribution in [0.4, 0.5) is 0 Å². The van der Waals surface area contributed by atoms with Crippen LogP contribution < -0.4 is 15.5 Å². The Labute approximate surface area is 198 Å². The fourth-order valence-electron chi connectivity index (χ4n) is 4.63. The van der Waals surface area contributed by atoms with Gasteiger partial charge in [0, 0.05) is 24.6 Å². The molecule has 3 aromatic rings. The molecule has 0 saturated carbocycles. The second-order valence-corrected chi connectivity index (χ2v) is 9.76. The van der Waals surface area contributed by atoms with Gasteiger partial charge in [-0.15, -0.1) is 0 Å². The van der Waals surface area contributed by atoms with E-state index in [0.717, 1.165) is 35.3 Å². The number of hydrazone groups is 1. The average molecular weight is 461 g/mol. The summed E-state index contributed by atoms with van der Waals surface area (Å²) in [6.07, 6.45) is 0. The summed E-state index contributed by atoms with van der Waals surface area (Å²) >= 11 is 1.72. The highest BCUT2D eigenvalue weighted by Gasteiger charge is 2.36. The molecule has 2 aliphatic heterocycles. The van der Waals surface area contributed by atoms with Crippen LogP contribution in [-0.4, -0.2) is 47.9 Å². The van der Waals surface area contributed by atoms with E-state index in [1.54, 1.807) is 11.8 Å². The second-order valence-electron chi connectivity index (χ2n) is 8.76. The predicted molar refractivity (Wildman–Crippen MR) is 135 cm³/mol. The maximum atomic E-state index is 12.9. The number of carbonyl (C=O) groups is 1. The molecule has 3 aromatic carbocycles. The van der Waals surface area contributed by atoms with Crippen LogP contribution in [0, 0.1) is 12.8 Å². The molecular weight excluding hydrogens is 432 g/mol. The summed E-state index contributed by atoms with van der Waals surface area (Å²) in [6.45, 7) is 4.31. The number of fused-ring (bicyclic) bond motifs is 1. The van der Waals surface area contributed by atoms with Crippen molar-refractivity contribution in [1.29, 1.82) is 0 Å². The zero-order chi connectivity index (χ0) is 22.8. The number of ether oxygens (including phenoxy) is 1. The quantitative estimate of drug-likeness (QED) is 0.582. The third kappa shape index (κ3) is 4.84. The second kappa shape index (κ2) is 9.45. The van der Waals surface area contributed by atoms with E-state index >= 15 is 0 Å². The van der Waals surface area contributed by atoms with E-state index in [1.165, 1.54) is 16.3 Å². The summed E-state index contributed by atoms with van der Waals surface area (Å²) in [6, 6.07) is 20.2. The van der Waals surface area contributed by atoms with Crippen molar-refractivity contribution in [2.24, 2.45) is 11.0 Å². The summed E-state index contributed by atoms with van der Waals surface area (Å²) in [5.41, 5.74) is 6.03. The van der Waals surface area contributed by atoms with Crippen LogP contribution in [0.25, 0.3) is 10.8 Å². The van der Waals surface area contributed by atoms with Crippen LogP contribution in [0.3, 0.4) is 0 Å². The first-order valence-electron chi connectivity index (χ1n) is 11.2. The van der Waals surface area contributed by atoms with Gasteiger partial charge in [-0.1, -0.05) is 53.7 Å². The number of likely N-dealkylation sites (tertiary alicyclic amines) is 1. The highest BCUT2D eigenvalue weighted by Crippen LogP contribution is 2.26. The molecule has 33 heavy (non-hydrogen) atoms. The van der Waals surface area contributed by atoms with Crippen molar-refractivity contribution in [2.45, 2.75) is 19.6 Å². The normalized spacial score (nSPS) is 20.5. The minimum atomic E-state index is -0.0620. The van der Waals surface area contributed by atoms with Crippen LogP contribution in [0.1, 0.15) is 21.5 Å². The van der Waals surface area contributed by atoms with E-state index in [4.69, 9.17) is 4.74 Å². The van der Waals surface area contributed by atoms with E-state index in [1.807, 2.05) is 24.3 Å². The van der Waals surface area contributed by atoms with Crippen molar-refractivity contribution in [3.63, 3.8) is 0 Å². The van der Waals surface area contributed by atoms with Crippen LogP contribution >= 0.6 is 11.8 Å². The van der Waals surface area contributed by atoms with Gasteiger partial charge in [0.15, 0.2) is 0 Å². The Balaban J connectivity index is 1.23. The van der Waals surface area contributed by atoms with E-state index in [-0.39, 0.29) is 17.9 Å². The van der Waals surface area contributed by atoms with Gasteiger partial charge in [0.25, 0.3) is 5.91 Å². The number of hydrogen-bond donors (Lipinski definition) is 2. The molecule has 5 rings (SSSR count). The average Bonchev–Trinajstić information content (AvgIpc) is 3.47. The Kier molecular flexibility index (Phi) is 6.24. The number of benzene rings is 3. The molecule has 0 radical (unpaired) electrons. The number of thioether (sulfide) groups is 1. The Morgan fingerprint density at radius 1 is 1.18 bits per heavy atom. The van der Waals surface area contributed by atoms with E-state index in [0.29, 0.717) is 12.2 Å². The molecule has 0 aromatic heterocycles. The van der Waals surface area contributed by atoms with Gasteiger partial charge in [-0.2, -0.15) is 5.10 Å². The van der Waals surface area contributed by atoms with Gasteiger partial charge in [-0.3, -0.25) is 10.2 Å². The van der Waals surface area contributed by atoms with Crippen LogP contribution in [0.5, 0.6) is 5.75 Å². The summed E-state index contributed by atoms with van der Waals surface area (Å²) in [7, 11) is 2.08. The molecule has 170 valence electrons. The molecule has 0 unspecified atom stereocenters. The van der Waals surface area contributed by atoms with Gasteiger partial charge < -0.3 is 15.0 Å². The maximum Gasteiger partial charge on any atom is 0.251 e. The van der Waals surface area contributed by atoms with E-state index in [9.17, 15) is 4.79 Å². The Hall–Kier alpha value is -3.03. The van der Waals surface area contributed by atoms with Crippen molar-refractivity contribution in [1.82, 2.24) is 15.6 Å². The summed E-state index contributed by atoms with van der Waals surface area (Å²) in [5, 5.41) is 11.1. The van der Waals surface area contributed by atoms with Gasteiger partial charge in [0.2, 0.25) is 0 Å². The third-order valence-corrected chi connectivity index (χ3v) is 7.18. The van der Waals surface area contributed by atoms with Crippen molar-refractivity contribution >= 4 is 33.5 Å². The molecule has 2 N–H and O–H groups in total. The highest BCUT2D eigenvalue weighted by atomic mass is 32.2. The minimum Gasteiger partial charge on any atom is -0.489 e. The lowest BCUT2D eigenvalue weighted by Gasteiger charge is -2.19. The monoisotopic (exact) mass is 460 g/mol. The number of likely N-dealkylation sites (N-methyl/N-ethyl adjacent to an activating group) is 1. The first-order valence-corrected chi connectivity index (χ1v) is 12.2. The largest absolute Gasteiger partial charge is 0.489 e. The fourth-order valence-corrected chi connectivity index (χ4v) is 5.48. The molecule has 0 aliphatic carbocycles. The van der Waals surface area contributed by atoms with Crippen LogP contribution in [-0.2, 0) is 6.61 Å². The number of nitrogens with zero attached hydrogens (tertiary/aromatic N) is 2. The first kappa shape index (κ1) is 21.8. The summed E-state index contributed by atoms with van der Waals surface area (Å²) < 4.78 is 6.06. The molecule has 6 nitrogen and oxygen atoms in total. The predicted octanol–water partition coefficient (Wildman–Crippen LogP) is 3.99. The topological polar surface area (TPSA) is 66.0 Å². The highest BCUT2D eigenvalue weighted by molar-refractivity contribution is 8.14. The standard InChI is InChI=1S/C26H28N4O2S/c1-17-11-19-5-3-4-6-22(19)20(12-17)15-32-21-9-7-18(8-10-21)25(31)28-24-14-30(2)13-23(24)26-29-27-16-33-26/h3-12,23-24,27H,13-16H2,1-2H3,(H,28,31)/t23-,24+/m0/s1. The Morgan fingerprint density at radius 2 is 2.00 bits per heavy atom. The molecular formula is C26H28N4O2S. The number of aryl methyl sites for hydroxylation is 1. The van der Waals surface area contributed by atoms with Gasteiger partial charge in [-0.05, 0) is 54.6 Å². The summed E-state index contributed by atoms with van der Waals surface area (Å²) in [5.74, 6) is 1.72. The molecule has 2 heterocycles. The minimum absolute atomic E-state index is 0.0548. The molecule has 1 saturated heterocycles. The lowest BCUT2D eigenvalue weighted by Crippen LogP contribution is -2.42. The molecule has 1 fully saturated rings. The van der Waals surface area contributed by atoms with E-state index < -0.39 is 0 Å². The van der Waals surface area contributed by atoms with Crippen LogP contribution in [0.15, 0.2) is 65.8 Å². The van der Waals surface area contributed by atoms with Gasteiger partial charge in [0.05, 0.1) is 11.9 Å². The van der Waals surface area contributed by atoms with Crippen molar-refractivity contribution in [2.75, 3.05) is 26.0 Å². The lowest BCUT2D eigenvalue weighted by molar-refractivity contribution is 0.0935. The Bertz CT molecular complexity index is 1190. The molecule has 0 bridgehead atoms. The maximum absolute atomic E-state index is 12.9. The van der Waals surface area contributed by atoms with Crippen molar-refractivity contribution < 1.29 is 9.53 Å². The number of nitrogens with one attached hydrogen (secondary N) is 2. The molecule has 2 aliphatic rings. The Morgan fingerprint density at radius 3 is 2.79 bits per heavy atom.